The molecule has 1 aromatic heterocycles. The smallest absolute Gasteiger partial charge is 0.317 e. The number of ether oxygens (including phenoxy) is 2. The molecule has 27 heavy (non-hydrogen) atoms. The van der Waals surface area contributed by atoms with E-state index in [1.54, 1.807) is 39.2 Å². The number of methoxy groups -OCH3 is 1. The molecular formula is C18H22ClN3O4S. The molecule has 7 nitrogen and oxygen atoms in total. The van der Waals surface area contributed by atoms with Gasteiger partial charge < -0.3 is 9.47 Å². The lowest BCUT2D eigenvalue weighted by molar-refractivity contribution is 0.252. The van der Waals surface area contributed by atoms with Crippen LogP contribution in [0.2, 0.25) is 5.15 Å². The summed E-state index contributed by atoms with van der Waals surface area (Å²) in [7, 11) is -2.09. The maximum atomic E-state index is 13.3. The Hall–Kier alpha value is -1.90. The van der Waals surface area contributed by atoms with Crippen LogP contribution in [0.25, 0.3) is 0 Å². The van der Waals surface area contributed by atoms with Crippen molar-refractivity contribution >= 4 is 21.6 Å². The maximum Gasteiger partial charge on any atom is 0.317 e. The standard InChI is InChI=1S/C18H22ClN3O4S/c1-12-10-15(25-3)11-13(2)17(12)27(23,24)22(14-4-5-14)8-9-26-18-20-7-6-16(19)21-18/h6-7,10-11,14H,4-5,8-9H2,1-3H3. The highest BCUT2D eigenvalue weighted by Crippen LogP contribution is 2.35. The summed E-state index contributed by atoms with van der Waals surface area (Å²) in [4.78, 5) is 8.24. The first-order valence-corrected chi connectivity index (χ1v) is 10.4. The quantitative estimate of drug-likeness (QED) is 0.621. The van der Waals surface area contributed by atoms with E-state index in [4.69, 9.17) is 21.1 Å². The second kappa shape index (κ2) is 8.00. The fourth-order valence-corrected chi connectivity index (χ4v) is 5.24. The molecule has 1 fully saturated rings. The zero-order chi connectivity index (χ0) is 19.6. The molecule has 1 heterocycles. The number of benzene rings is 1. The Morgan fingerprint density at radius 2 is 1.93 bits per heavy atom. The van der Waals surface area contributed by atoms with E-state index in [0.717, 1.165) is 12.8 Å². The zero-order valence-corrected chi connectivity index (χ0v) is 17.0. The van der Waals surface area contributed by atoms with Gasteiger partial charge in [-0.1, -0.05) is 11.6 Å². The zero-order valence-electron chi connectivity index (χ0n) is 15.5. The minimum Gasteiger partial charge on any atom is -0.497 e. The highest BCUT2D eigenvalue weighted by Gasteiger charge is 2.39. The molecule has 0 saturated heterocycles. The van der Waals surface area contributed by atoms with Crippen molar-refractivity contribution in [2.24, 2.45) is 0 Å². The van der Waals surface area contributed by atoms with Crippen LogP contribution < -0.4 is 9.47 Å². The Morgan fingerprint density at radius 1 is 1.26 bits per heavy atom. The molecule has 0 N–H and O–H groups in total. The van der Waals surface area contributed by atoms with Crippen molar-refractivity contribution in [2.75, 3.05) is 20.3 Å². The molecule has 1 saturated carbocycles. The number of aryl methyl sites for hydroxylation is 2. The van der Waals surface area contributed by atoms with E-state index in [1.807, 2.05) is 0 Å². The summed E-state index contributed by atoms with van der Waals surface area (Å²) in [5, 5.41) is 0.274. The minimum absolute atomic E-state index is 0.000202. The number of rotatable bonds is 8. The second-order valence-corrected chi connectivity index (χ2v) is 8.66. The monoisotopic (exact) mass is 411 g/mol. The molecule has 0 unspecified atom stereocenters. The van der Waals surface area contributed by atoms with Crippen LogP contribution in [0, 0.1) is 13.8 Å². The van der Waals surface area contributed by atoms with Crippen LogP contribution in [-0.2, 0) is 10.0 Å². The van der Waals surface area contributed by atoms with Gasteiger partial charge in [-0.3, -0.25) is 0 Å². The number of hydrogen-bond acceptors (Lipinski definition) is 6. The summed E-state index contributed by atoms with van der Waals surface area (Å²) < 4.78 is 38.9. The van der Waals surface area contributed by atoms with E-state index in [0.29, 0.717) is 21.8 Å². The first-order valence-electron chi connectivity index (χ1n) is 8.61. The molecule has 0 spiro atoms. The lowest BCUT2D eigenvalue weighted by Crippen LogP contribution is -2.37. The van der Waals surface area contributed by atoms with Crippen molar-refractivity contribution in [1.29, 1.82) is 0 Å². The summed E-state index contributed by atoms with van der Waals surface area (Å²) in [6, 6.07) is 5.15. The van der Waals surface area contributed by atoms with Crippen molar-refractivity contribution in [3.05, 3.63) is 40.7 Å². The minimum atomic E-state index is -3.66. The van der Waals surface area contributed by atoms with Gasteiger partial charge in [-0.05, 0) is 56.0 Å². The Balaban J connectivity index is 1.80. The number of aromatic nitrogens is 2. The third-order valence-electron chi connectivity index (χ3n) is 4.33. The predicted molar refractivity (Wildman–Crippen MR) is 102 cm³/mol. The van der Waals surface area contributed by atoms with Gasteiger partial charge in [-0.25, -0.2) is 13.4 Å². The molecular weight excluding hydrogens is 390 g/mol. The highest BCUT2D eigenvalue weighted by atomic mass is 35.5. The molecule has 0 aliphatic heterocycles. The molecule has 1 aromatic carbocycles. The molecule has 3 rings (SSSR count). The van der Waals surface area contributed by atoms with Gasteiger partial charge in [0.1, 0.15) is 17.5 Å². The Labute approximate surface area is 164 Å². The van der Waals surface area contributed by atoms with Gasteiger partial charge in [-0.15, -0.1) is 0 Å². The van der Waals surface area contributed by atoms with Gasteiger partial charge >= 0.3 is 6.01 Å². The lowest BCUT2D eigenvalue weighted by atomic mass is 10.1. The second-order valence-electron chi connectivity index (χ2n) is 6.45. The predicted octanol–water partition coefficient (Wildman–Crippen LogP) is 2.99. The Bertz CT molecular complexity index is 909. The van der Waals surface area contributed by atoms with E-state index >= 15 is 0 Å². The van der Waals surface area contributed by atoms with E-state index in [1.165, 1.54) is 10.5 Å². The number of hydrogen-bond donors (Lipinski definition) is 0. The summed E-state index contributed by atoms with van der Waals surface area (Å²) in [6.07, 6.45) is 3.19. The highest BCUT2D eigenvalue weighted by molar-refractivity contribution is 7.89. The third-order valence-corrected chi connectivity index (χ3v) is 6.80. The molecule has 146 valence electrons. The van der Waals surface area contributed by atoms with E-state index in [9.17, 15) is 8.42 Å². The number of nitrogens with zero attached hydrogens (tertiary/aromatic N) is 3. The number of sulfonamides is 1. The van der Waals surface area contributed by atoms with Crippen LogP contribution in [0.5, 0.6) is 11.8 Å². The molecule has 1 aliphatic rings. The first kappa shape index (κ1) is 19.9. The summed E-state index contributed by atoms with van der Waals surface area (Å²) >= 11 is 5.81. The van der Waals surface area contributed by atoms with Crippen molar-refractivity contribution in [3.8, 4) is 11.8 Å². The first-order chi connectivity index (χ1) is 12.8. The van der Waals surface area contributed by atoms with Gasteiger partial charge in [0.25, 0.3) is 0 Å². The maximum absolute atomic E-state index is 13.3. The third kappa shape index (κ3) is 4.51. The van der Waals surface area contributed by atoms with Crippen LogP contribution >= 0.6 is 11.6 Å². The van der Waals surface area contributed by atoms with Crippen LogP contribution in [0.4, 0.5) is 0 Å². The molecule has 0 atom stereocenters. The van der Waals surface area contributed by atoms with Crippen molar-refractivity contribution in [2.45, 2.75) is 37.6 Å². The van der Waals surface area contributed by atoms with Crippen LogP contribution in [0.3, 0.4) is 0 Å². The topological polar surface area (TPSA) is 81.6 Å². The summed E-state index contributed by atoms with van der Waals surface area (Å²) in [5.74, 6) is 0.642. The fraction of sp³-hybridized carbons (Fsp3) is 0.444. The fourth-order valence-electron chi connectivity index (χ4n) is 3.03. The Morgan fingerprint density at radius 3 is 2.48 bits per heavy atom. The van der Waals surface area contributed by atoms with Crippen molar-refractivity contribution in [1.82, 2.24) is 14.3 Å². The largest absolute Gasteiger partial charge is 0.497 e. The molecule has 9 heteroatoms. The van der Waals surface area contributed by atoms with Crippen LogP contribution in [-0.4, -0.2) is 49.0 Å². The normalized spacial score (nSPS) is 14.4. The van der Waals surface area contributed by atoms with Crippen LogP contribution in [0.1, 0.15) is 24.0 Å². The molecule has 0 amide bonds. The lowest BCUT2D eigenvalue weighted by Gasteiger charge is -2.24. The van der Waals surface area contributed by atoms with E-state index in [-0.39, 0.29) is 30.4 Å². The average Bonchev–Trinajstić information content (AvgIpc) is 3.42. The van der Waals surface area contributed by atoms with E-state index < -0.39 is 10.0 Å². The van der Waals surface area contributed by atoms with Gasteiger partial charge in [0.05, 0.1) is 12.0 Å². The average molecular weight is 412 g/mol. The van der Waals surface area contributed by atoms with Crippen LogP contribution in [0.15, 0.2) is 29.3 Å². The molecule has 0 bridgehead atoms. The number of halogens is 1. The van der Waals surface area contributed by atoms with Crippen molar-refractivity contribution in [3.63, 3.8) is 0 Å². The summed E-state index contributed by atoms with van der Waals surface area (Å²) in [6.45, 7) is 3.92. The van der Waals surface area contributed by atoms with Gasteiger partial charge in [0.15, 0.2) is 0 Å². The van der Waals surface area contributed by atoms with Crippen molar-refractivity contribution < 1.29 is 17.9 Å². The molecule has 2 aromatic rings. The van der Waals surface area contributed by atoms with E-state index in [2.05, 4.69) is 9.97 Å². The SMILES string of the molecule is COc1cc(C)c(S(=O)(=O)N(CCOc2nccc(Cl)n2)C2CC2)c(C)c1. The molecule has 0 radical (unpaired) electrons. The van der Waals surface area contributed by atoms with Gasteiger partial charge in [0.2, 0.25) is 10.0 Å². The Kier molecular flexibility index (Phi) is 5.88. The van der Waals surface area contributed by atoms with Gasteiger partial charge in [0, 0.05) is 18.8 Å². The molecule has 1 aliphatic carbocycles. The van der Waals surface area contributed by atoms with Gasteiger partial charge in [-0.2, -0.15) is 9.29 Å². The summed E-state index contributed by atoms with van der Waals surface area (Å²) in [5.41, 5.74) is 1.33.